The van der Waals surface area contributed by atoms with Crippen molar-refractivity contribution in [2.45, 2.75) is 31.3 Å². The van der Waals surface area contributed by atoms with Gasteiger partial charge in [-0.15, -0.1) is 0 Å². The van der Waals surface area contributed by atoms with Crippen LogP contribution in [0.3, 0.4) is 0 Å². The third-order valence-corrected chi connectivity index (χ3v) is 4.60. The Labute approximate surface area is 124 Å². The molecule has 0 radical (unpaired) electrons. The van der Waals surface area contributed by atoms with Gasteiger partial charge in [-0.05, 0) is 25.0 Å². The highest BCUT2D eigenvalue weighted by molar-refractivity contribution is 5.56. The van der Waals surface area contributed by atoms with Gasteiger partial charge in [0.1, 0.15) is 5.82 Å². The van der Waals surface area contributed by atoms with Crippen molar-refractivity contribution < 1.29 is 4.74 Å². The molecule has 2 fully saturated rings. The van der Waals surface area contributed by atoms with Crippen molar-refractivity contribution in [3.05, 3.63) is 36.5 Å². The molecule has 0 unspecified atom stereocenters. The highest BCUT2D eigenvalue weighted by atomic mass is 16.5. The minimum Gasteiger partial charge on any atom is -0.378 e. The number of nitrogens with zero attached hydrogens (tertiary/aromatic N) is 3. The molecule has 1 aliphatic carbocycles. The van der Waals surface area contributed by atoms with E-state index in [-0.39, 0.29) is 6.04 Å². The van der Waals surface area contributed by atoms with E-state index in [1.54, 1.807) is 6.20 Å². The summed E-state index contributed by atoms with van der Waals surface area (Å²) < 4.78 is 5.69. The highest BCUT2D eigenvalue weighted by Crippen LogP contribution is 2.33. The van der Waals surface area contributed by atoms with Gasteiger partial charge in [0.25, 0.3) is 0 Å². The van der Waals surface area contributed by atoms with Crippen LogP contribution in [0.25, 0.3) is 11.3 Å². The molecule has 1 aliphatic heterocycles. The lowest BCUT2D eigenvalue weighted by Crippen LogP contribution is -2.48. The monoisotopic (exact) mass is 284 g/mol. The van der Waals surface area contributed by atoms with Gasteiger partial charge in [-0.25, -0.2) is 4.98 Å². The van der Waals surface area contributed by atoms with E-state index < -0.39 is 0 Å². The fourth-order valence-corrected chi connectivity index (χ4v) is 3.18. The second kappa shape index (κ2) is 5.58. The first-order valence-electron chi connectivity index (χ1n) is 7.70. The number of H-pyrrole nitrogens is 1. The number of ether oxygens (including phenoxy) is 1. The van der Waals surface area contributed by atoms with Crippen LogP contribution in [0.15, 0.2) is 30.7 Å². The predicted molar refractivity (Wildman–Crippen MR) is 79.7 cm³/mol. The molecule has 1 atom stereocenters. The van der Waals surface area contributed by atoms with Crippen molar-refractivity contribution >= 4 is 0 Å². The smallest absolute Gasteiger partial charge is 0.126 e. The molecule has 0 spiro atoms. The summed E-state index contributed by atoms with van der Waals surface area (Å²) in [5.41, 5.74) is 2.10. The maximum atomic E-state index is 5.69. The van der Waals surface area contributed by atoms with Crippen molar-refractivity contribution in [2.75, 3.05) is 19.8 Å². The fourth-order valence-electron chi connectivity index (χ4n) is 3.18. The van der Waals surface area contributed by atoms with Crippen molar-refractivity contribution in [1.82, 2.24) is 19.9 Å². The Kier molecular flexibility index (Phi) is 3.45. The van der Waals surface area contributed by atoms with Crippen LogP contribution in [-0.2, 0) is 4.74 Å². The van der Waals surface area contributed by atoms with Crippen molar-refractivity contribution in [3.63, 3.8) is 0 Å². The lowest BCUT2D eigenvalue weighted by atomic mass is 9.90. The minimum atomic E-state index is 0.259. The maximum Gasteiger partial charge on any atom is 0.126 e. The van der Waals surface area contributed by atoms with Gasteiger partial charge in [0.05, 0.1) is 31.1 Å². The predicted octanol–water partition coefficient (Wildman–Crippen LogP) is 2.40. The van der Waals surface area contributed by atoms with E-state index >= 15 is 0 Å². The van der Waals surface area contributed by atoms with E-state index in [1.165, 1.54) is 19.3 Å². The Morgan fingerprint density at radius 1 is 1.29 bits per heavy atom. The number of imidazole rings is 1. The van der Waals surface area contributed by atoms with Crippen LogP contribution in [0.2, 0.25) is 0 Å². The Morgan fingerprint density at radius 3 is 3.00 bits per heavy atom. The second-order valence-electron chi connectivity index (χ2n) is 5.84. The van der Waals surface area contributed by atoms with Gasteiger partial charge in [0.15, 0.2) is 0 Å². The molecule has 21 heavy (non-hydrogen) atoms. The van der Waals surface area contributed by atoms with Crippen LogP contribution in [-0.4, -0.2) is 45.7 Å². The molecule has 1 saturated heterocycles. The first kappa shape index (κ1) is 13.0. The van der Waals surface area contributed by atoms with E-state index in [9.17, 15) is 0 Å². The molecule has 2 aromatic heterocycles. The van der Waals surface area contributed by atoms with Gasteiger partial charge < -0.3 is 9.72 Å². The third kappa shape index (κ3) is 2.47. The Bertz CT molecular complexity index is 593. The molecule has 0 amide bonds. The quantitative estimate of drug-likeness (QED) is 0.940. The summed E-state index contributed by atoms with van der Waals surface area (Å²) >= 11 is 0. The molecule has 110 valence electrons. The van der Waals surface area contributed by atoms with Crippen LogP contribution in [0.1, 0.15) is 31.1 Å². The summed E-state index contributed by atoms with van der Waals surface area (Å²) in [4.78, 5) is 14.8. The third-order valence-electron chi connectivity index (χ3n) is 4.60. The van der Waals surface area contributed by atoms with Gasteiger partial charge in [-0.2, -0.15) is 0 Å². The van der Waals surface area contributed by atoms with E-state index in [0.29, 0.717) is 6.04 Å². The summed E-state index contributed by atoms with van der Waals surface area (Å²) in [6, 6.07) is 4.96. The molecule has 5 nitrogen and oxygen atoms in total. The molecular weight excluding hydrogens is 264 g/mol. The molecule has 0 bridgehead atoms. The summed E-state index contributed by atoms with van der Waals surface area (Å²) in [7, 11) is 0. The number of rotatable bonds is 3. The van der Waals surface area contributed by atoms with Gasteiger partial charge in [0.2, 0.25) is 0 Å². The normalized spacial score (nSPS) is 23.9. The van der Waals surface area contributed by atoms with Crippen molar-refractivity contribution in [1.29, 1.82) is 0 Å². The topological polar surface area (TPSA) is 54.0 Å². The number of hydrogen-bond acceptors (Lipinski definition) is 4. The molecule has 3 heterocycles. The molecule has 1 N–H and O–H groups in total. The average Bonchev–Trinajstić information content (AvgIpc) is 2.97. The molecule has 1 saturated carbocycles. The Hall–Kier alpha value is -1.72. The number of aromatic nitrogens is 3. The molecule has 2 aromatic rings. The lowest BCUT2D eigenvalue weighted by molar-refractivity contribution is -0.0494. The minimum absolute atomic E-state index is 0.259. The van der Waals surface area contributed by atoms with Gasteiger partial charge in [0, 0.05) is 30.5 Å². The van der Waals surface area contributed by atoms with Crippen LogP contribution < -0.4 is 0 Å². The number of hydrogen-bond donors (Lipinski definition) is 1. The van der Waals surface area contributed by atoms with E-state index in [0.717, 1.165) is 36.8 Å². The summed E-state index contributed by atoms with van der Waals surface area (Å²) in [5, 5.41) is 0. The van der Waals surface area contributed by atoms with Crippen molar-refractivity contribution in [3.8, 4) is 11.3 Å². The van der Waals surface area contributed by atoms with E-state index in [4.69, 9.17) is 4.74 Å². The zero-order valence-corrected chi connectivity index (χ0v) is 12.0. The number of nitrogens with one attached hydrogen (secondary N) is 1. The number of morpholine rings is 1. The first-order chi connectivity index (χ1) is 10.4. The summed E-state index contributed by atoms with van der Waals surface area (Å²) in [5.74, 6) is 1.01. The largest absolute Gasteiger partial charge is 0.378 e. The van der Waals surface area contributed by atoms with E-state index in [1.807, 2.05) is 24.5 Å². The SMILES string of the molecule is c1cncc(-c2cnc([C@@H]3COCCN3C3CCC3)[nH]2)c1. The first-order valence-corrected chi connectivity index (χ1v) is 7.70. The van der Waals surface area contributed by atoms with Crippen LogP contribution in [0.4, 0.5) is 0 Å². The summed E-state index contributed by atoms with van der Waals surface area (Å²) in [6.45, 7) is 2.58. The maximum absolute atomic E-state index is 5.69. The van der Waals surface area contributed by atoms with Crippen molar-refractivity contribution in [2.24, 2.45) is 0 Å². The fraction of sp³-hybridized carbons (Fsp3) is 0.500. The van der Waals surface area contributed by atoms with Crippen LogP contribution >= 0.6 is 0 Å². The molecular formula is C16H20N4O. The Balaban J connectivity index is 1.58. The lowest BCUT2D eigenvalue weighted by Gasteiger charge is -2.44. The highest BCUT2D eigenvalue weighted by Gasteiger charge is 2.34. The summed E-state index contributed by atoms with van der Waals surface area (Å²) in [6.07, 6.45) is 9.53. The van der Waals surface area contributed by atoms with Gasteiger partial charge in [-0.1, -0.05) is 6.42 Å². The van der Waals surface area contributed by atoms with E-state index in [2.05, 4.69) is 19.9 Å². The number of pyridine rings is 1. The molecule has 0 aromatic carbocycles. The molecule has 2 aliphatic rings. The Morgan fingerprint density at radius 2 is 2.24 bits per heavy atom. The zero-order chi connectivity index (χ0) is 14.1. The van der Waals surface area contributed by atoms with Crippen LogP contribution in [0, 0.1) is 0 Å². The second-order valence-corrected chi connectivity index (χ2v) is 5.84. The molecule has 5 heteroatoms. The zero-order valence-electron chi connectivity index (χ0n) is 12.0. The van der Waals surface area contributed by atoms with Gasteiger partial charge in [-0.3, -0.25) is 9.88 Å². The van der Waals surface area contributed by atoms with Gasteiger partial charge >= 0.3 is 0 Å². The average molecular weight is 284 g/mol. The number of aromatic amines is 1. The molecule has 4 rings (SSSR count). The standard InChI is InChI=1S/C16H20N4O/c1-4-13(5-1)20-7-8-21-11-15(20)16-18-10-14(19-16)12-3-2-6-17-9-12/h2-3,6,9-10,13,15H,1,4-5,7-8,11H2,(H,18,19)/t15-/m0/s1. The van der Waals surface area contributed by atoms with Crippen LogP contribution in [0.5, 0.6) is 0 Å².